The minimum absolute atomic E-state index is 0.0261. The van der Waals surface area contributed by atoms with Crippen molar-refractivity contribution >= 4 is 17.5 Å². The first-order valence-corrected chi connectivity index (χ1v) is 9.99. The molecule has 0 spiro atoms. The molecule has 0 unspecified atom stereocenters. The third kappa shape index (κ3) is 2.43. The van der Waals surface area contributed by atoms with Gasteiger partial charge in [-0.1, -0.05) is 13.8 Å². The third-order valence-electron chi connectivity index (χ3n) is 8.46. The Labute approximate surface area is 150 Å². The molecule has 25 heavy (non-hydrogen) atoms. The van der Waals surface area contributed by atoms with Crippen LogP contribution in [0.4, 0.5) is 0 Å². The lowest BCUT2D eigenvalue weighted by molar-refractivity contribution is -0.166. The number of ketones is 2. The Morgan fingerprint density at radius 2 is 1.84 bits per heavy atom. The van der Waals surface area contributed by atoms with Crippen LogP contribution in [0.15, 0.2) is 0 Å². The summed E-state index contributed by atoms with van der Waals surface area (Å²) in [5.41, 5.74) is -0.100. The van der Waals surface area contributed by atoms with Crippen LogP contribution in [-0.2, 0) is 19.1 Å². The van der Waals surface area contributed by atoms with E-state index in [0.717, 1.165) is 38.5 Å². The molecule has 4 fully saturated rings. The number of Topliss-reactive ketones (excluding diaryl/α,β-unsaturated/α-hetero) is 2. The lowest BCUT2D eigenvalue weighted by Gasteiger charge is -2.59. The number of fused-ring (bicyclic) bond motifs is 5. The predicted octanol–water partition coefficient (Wildman–Crippen LogP) is 3.71. The molecule has 0 heterocycles. The third-order valence-corrected chi connectivity index (χ3v) is 8.46. The Kier molecular flexibility index (Phi) is 3.90. The maximum Gasteiger partial charge on any atom is 0.302 e. The van der Waals surface area contributed by atoms with Gasteiger partial charge < -0.3 is 4.74 Å². The van der Waals surface area contributed by atoms with Gasteiger partial charge in [-0.25, -0.2) is 0 Å². The molecule has 4 aliphatic rings. The van der Waals surface area contributed by atoms with E-state index in [4.69, 9.17) is 4.74 Å². The molecule has 0 bridgehead atoms. The van der Waals surface area contributed by atoms with E-state index >= 15 is 0 Å². The van der Waals surface area contributed by atoms with E-state index in [9.17, 15) is 14.4 Å². The standard InChI is InChI=1S/C21H30O4/c1-12(22)25-14-6-8-20(2)13(10-14)11-17(23)19-15-4-5-18(24)21(15,3)9-7-16(19)20/h13-16,19H,4-11H2,1-3H3/t13-,14+,15-,16-,19-,20+,21+/m1/s1. The molecule has 4 rings (SSSR count). The van der Waals surface area contributed by atoms with Gasteiger partial charge in [-0.2, -0.15) is 0 Å². The van der Waals surface area contributed by atoms with Gasteiger partial charge >= 0.3 is 5.97 Å². The van der Waals surface area contributed by atoms with Crippen LogP contribution < -0.4 is 0 Å². The molecule has 0 aromatic heterocycles. The fraction of sp³-hybridized carbons (Fsp3) is 0.857. The number of carbonyl (C=O) groups is 3. The van der Waals surface area contributed by atoms with Crippen LogP contribution in [0.25, 0.3) is 0 Å². The van der Waals surface area contributed by atoms with Crippen LogP contribution in [0, 0.1) is 34.5 Å². The summed E-state index contributed by atoms with van der Waals surface area (Å²) >= 11 is 0. The van der Waals surface area contributed by atoms with Crippen molar-refractivity contribution < 1.29 is 19.1 Å². The van der Waals surface area contributed by atoms with Gasteiger partial charge in [0.1, 0.15) is 17.7 Å². The summed E-state index contributed by atoms with van der Waals surface area (Å²) in [6.07, 6.45) is 6.85. The smallest absolute Gasteiger partial charge is 0.302 e. The first kappa shape index (κ1) is 17.2. The predicted molar refractivity (Wildman–Crippen MR) is 92.7 cm³/mol. The Hall–Kier alpha value is -1.19. The molecule has 4 heteroatoms. The van der Waals surface area contributed by atoms with Crippen molar-refractivity contribution in [1.82, 2.24) is 0 Å². The Bertz CT molecular complexity index is 625. The summed E-state index contributed by atoms with van der Waals surface area (Å²) in [6, 6.07) is 0. The van der Waals surface area contributed by atoms with Gasteiger partial charge in [-0.3, -0.25) is 14.4 Å². The summed E-state index contributed by atoms with van der Waals surface area (Å²) in [7, 11) is 0. The Morgan fingerprint density at radius 1 is 1.08 bits per heavy atom. The van der Waals surface area contributed by atoms with Gasteiger partial charge in [0.05, 0.1) is 0 Å². The Balaban J connectivity index is 1.60. The highest BCUT2D eigenvalue weighted by Gasteiger charge is 2.62. The fourth-order valence-corrected chi connectivity index (χ4v) is 7.01. The Morgan fingerprint density at radius 3 is 2.56 bits per heavy atom. The zero-order valence-electron chi connectivity index (χ0n) is 15.7. The second kappa shape index (κ2) is 5.65. The molecule has 0 aromatic rings. The lowest BCUT2D eigenvalue weighted by Crippen LogP contribution is -2.57. The first-order chi connectivity index (χ1) is 11.8. The molecule has 0 aromatic carbocycles. The number of hydrogen-bond acceptors (Lipinski definition) is 4. The number of carbonyl (C=O) groups excluding carboxylic acids is 3. The van der Waals surface area contributed by atoms with Crippen molar-refractivity contribution in [3.05, 3.63) is 0 Å². The largest absolute Gasteiger partial charge is 0.463 e. The summed E-state index contributed by atoms with van der Waals surface area (Å²) in [5.74, 6) is 1.61. The molecule has 0 aliphatic heterocycles. The highest BCUT2D eigenvalue weighted by molar-refractivity contribution is 5.90. The fourth-order valence-electron chi connectivity index (χ4n) is 7.01. The van der Waals surface area contributed by atoms with Crippen molar-refractivity contribution in [2.75, 3.05) is 0 Å². The van der Waals surface area contributed by atoms with E-state index < -0.39 is 0 Å². The van der Waals surface area contributed by atoms with Crippen LogP contribution in [0.5, 0.6) is 0 Å². The van der Waals surface area contributed by atoms with E-state index in [-0.39, 0.29) is 34.7 Å². The van der Waals surface area contributed by atoms with Gasteiger partial charge in [0.2, 0.25) is 0 Å². The highest BCUT2D eigenvalue weighted by Crippen LogP contribution is 2.64. The van der Waals surface area contributed by atoms with E-state index in [1.165, 1.54) is 6.92 Å². The summed E-state index contributed by atoms with van der Waals surface area (Å²) < 4.78 is 5.46. The number of hydrogen-bond donors (Lipinski definition) is 0. The van der Waals surface area contributed by atoms with Crippen LogP contribution in [-0.4, -0.2) is 23.6 Å². The van der Waals surface area contributed by atoms with Crippen LogP contribution in [0.1, 0.15) is 72.1 Å². The van der Waals surface area contributed by atoms with Crippen molar-refractivity contribution in [3.8, 4) is 0 Å². The second-order valence-corrected chi connectivity index (χ2v) is 9.54. The molecule has 0 amide bonds. The molecule has 0 N–H and O–H groups in total. The van der Waals surface area contributed by atoms with Crippen LogP contribution in [0.3, 0.4) is 0 Å². The SMILES string of the molecule is CC(=O)O[C@H]1CC[C@@]2(C)[C@@H](CC(=O)[C@H]3[C@H]2CC[C@]2(C)C(=O)CC[C@H]32)C1. The van der Waals surface area contributed by atoms with Crippen LogP contribution in [0.2, 0.25) is 0 Å². The average molecular weight is 346 g/mol. The molecular formula is C21H30O4. The topological polar surface area (TPSA) is 60.4 Å². The second-order valence-electron chi connectivity index (χ2n) is 9.54. The summed E-state index contributed by atoms with van der Waals surface area (Å²) in [4.78, 5) is 36.9. The maximum absolute atomic E-state index is 13.1. The first-order valence-electron chi connectivity index (χ1n) is 9.99. The molecule has 4 saturated carbocycles. The van der Waals surface area contributed by atoms with E-state index in [1.807, 2.05) is 0 Å². The molecule has 7 atom stereocenters. The summed E-state index contributed by atoms with van der Waals surface area (Å²) in [5, 5.41) is 0. The molecule has 0 radical (unpaired) electrons. The minimum atomic E-state index is -0.255. The zero-order valence-corrected chi connectivity index (χ0v) is 15.7. The van der Waals surface area contributed by atoms with Crippen molar-refractivity contribution in [1.29, 1.82) is 0 Å². The maximum atomic E-state index is 13.1. The zero-order chi connectivity index (χ0) is 18.0. The van der Waals surface area contributed by atoms with Crippen molar-refractivity contribution in [2.24, 2.45) is 34.5 Å². The number of esters is 1. The van der Waals surface area contributed by atoms with E-state index in [1.54, 1.807) is 0 Å². The molecule has 4 nitrogen and oxygen atoms in total. The quantitative estimate of drug-likeness (QED) is 0.679. The average Bonchev–Trinajstić information content (AvgIpc) is 2.84. The van der Waals surface area contributed by atoms with Crippen molar-refractivity contribution in [3.63, 3.8) is 0 Å². The van der Waals surface area contributed by atoms with E-state index in [2.05, 4.69) is 13.8 Å². The van der Waals surface area contributed by atoms with Gasteiger partial charge in [-0.15, -0.1) is 0 Å². The van der Waals surface area contributed by atoms with E-state index in [0.29, 0.717) is 36.2 Å². The summed E-state index contributed by atoms with van der Waals surface area (Å²) in [6.45, 7) is 5.95. The van der Waals surface area contributed by atoms with Crippen LogP contribution >= 0.6 is 0 Å². The number of ether oxygens (including phenoxy) is 1. The lowest BCUT2D eigenvalue weighted by atomic mass is 9.45. The monoisotopic (exact) mass is 346 g/mol. The van der Waals surface area contributed by atoms with Crippen molar-refractivity contribution in [2.45, 2.75) is 78.2 Å². The number of rotatable bonds is 1. The normalized spacial score (nSPS) is 49.2. The van der Waals surface area contributed by atoms with Gasteiger partial charge in [0.25, 0.3) is 0 Å². The van der Waals surface area contributed by atoms with Gasteiger partial charge in [0.15, 0.2) is 0 Å². The molecule has 4 aliphatic carbocycles. The molecule has 138 valence electrons. The highest BCUT2D eigenvalue weighted by atomic mass is 16.5. The molecule has 0 saturated heterocycles. The van der Waals surface area contributed by atoms with Gasteiger partial charge in [-0.05, 0) is 61.7 Å². The van der Waals surface area contributed by atoms with Gasteiger partial charge in [0, 0.05) is 31.1 Å². The molecular weight excluding hydrogens is 316 g/mol. The minimum Gasteiger partial charge on any atom is -0.463 e.